The molecule has 0 radical (unpaired) electrons. The molecule has 0 aromatic rings. The lowest BCUT2D eigenvalue weighted by Crippen LogP contribution is -3.00. The molecule has 0 saturated carbocycles. The normalized spacial score (nSPS) is 15.8. The van der Waals surface area contributed by atoms with Crippen molar-refractivity contribution in [3.8, 4) is 0 Å². The highest BCUT2D eigenvalue weighted by Gasteiger charge is 2.38. The van der Waals surface area contributed by atoms with Crippen LogP contribution in [0.3, 0.4) is 0 Å². The summed E-state index contributed by atoms with van der Waals surface area (Å²) in [4.78, 5) is 0. The van der Waals surface area contributed by atoms with Crippen LogP contribution in [0.5, 0.6) is 0 Å². The van der Waals surface area contributed by atoms with Crippen LogP contribution >= 0.6 is 0 Å². The molecule has 0 saturated heterocycles. The number of unbranched alkanes of at least 4 members (excludes halogenated alkanes) is 11. The molecule has 0 aromatic carbocycles. The van der Waals surface area contributed by atoms with E-state index in [2.05, 4.69) is 19.3 Å². The molecule has 166 valence electrons. The van der Waals surface area contributed by atoms with Crippen LogP contribution < -0.4 is 17.7 Å². The average molecular weight is 408 g/mol. The number of nitrogens with two attached hydrogens (primary N) is 1. The van der Waals surface area contributed by atoms with Gasteiger partial charge in [0.15, 0.2) is 0 Å². The Labute approximate surface area is 176 Å². The molecule has 0 aliphatic rings. The van der Waals surface area contributed by atoms with E-state index < -0.39 is 12.2 Å². The van der Waals surface area contributed by atoms with E-state index in [0.29, 0.717) is 0 Å². The first kappa shape index (κ1) is 29.4. The minimum atomic E-state index is -0.428. The molecule has 2 atom stereocenters. The van der Waals surface area contributed by atoms with Gasteiger partial charge in [0, 0.05) is 5.41 Å². The largest absolute Gasteiger partial charge is 1.00 e. The molecule has 0 aliphatic carbocycles. The van der Waals surface area contributed by atoms with Crippen molar-refractivity contribution in [1.82, 2.24) is 0 Å². The van der Waals surface area contributed by atoms with Crippen LogP contribution in [-0.2, 0) is 0 Å². The van der Waals surface area contributed by atoms with E-state index in [1.54, 1.807) is 0 Å². The molecular formula is C23H50ClNO2. The fraction of sp³-hybridized carbons (Fsp3) is 1.00. The predicted octanol–water partition coefficient (Wildman–Crippen LogP) is 1.80. The molecule has 0 aromatic heterocycles. The summed E-state index contributed by atoms with van der Waals surface area (Å²) in [7, 11) is 2.15. The maximum atomic E-state index is 10.2. The predicted molar refractivity (Wildman–Crippen MR) is 113 cm³/mol. The summed E-state index contributed by atoms with van der Waals surface area (Å²) in [6.45, 7) is 7.13. The number of halogens is 1. The van der Waals surface area contributed by atoms with Gasteiger partial charge in [0.1, 0.15) is 0 Å². The Hall–Kier alpha value is 0.170. The average Bonchev–Trinajstić information content (AvgIpc) is 2.60. The van der Waals surface area contributed by atoms with Crippen LogP contribution in [0.4, 0.5) is 0 Å². The van der Waals surface area contributed by atoms with Gasteiger partial charge in [-0.1, -0.05) is 77.6 Å². The number of hydrogen-bond acceptors (Lipinski definition) is 2. The summed E-state index contributed by atoms with van der Waals surface area (Å²) in [5, 5.41) is 22.7. The van der Waals surface area contributed by atoms with Gasteiger partial charge in [-0.2, -0.15) is 0 Å². The quantitative estimate of drug-likeness (QED) is 0.286. The van der Waals surface area contributed by atoms with Gasteiger partial charge in [-0.05, 0) is 39.5 Å². The summed E-state index contributed by atoms with van der Waals surface area (Å²) in [5.41, 5.74) is -0.302. The highest BCUT2D eigenvalue weighted by Crippen LogP contribution is 2.38. The first-order valence-electron chi connectivity index (χ1n) is 11.6. The maximum Gasteiger partial charge on any atom is 0.0753 e. The topological polar surface area (TPSA) is 57.1 Å². The van der Waals surface area contributed by atoms with Crippen LogP contribution in [-0.4, -0.2) is 36.0 Å². The van der Waals surface area contributed by atoms with E-state index in [1.807, 2.05) is 13.8 Å². The maximum absolute atomic E-state index is 10.2. The zero-order valence-corrected chi connectivity index (χ0v) is 19.6. The van der Waals surface area contributed by atoms with E-state index in [4.69, 9.17) is 0 Å². The van der Waals surface area contributed by atoms with Gasteiger partial charge in [0.05, 0.1) is 25.8 Å². The lowest BCUT2D eigenvalue weighted by molar-refractivity contribution is -0.627. The van der Waals surface area contributed by atoms with E-state index in [9.17, 15) is 10.2 Å². The van der Waals surface area contributed by atoms with Crippen LogP contribution in [0.2, 0.25) is 0 Å². The summed E-state index contributed by atoms with van der Waals surface area (Å²) >= 11 is 0. The van der Waals surface area contributed by atoms with Crippen molar-refractivity contribution in [3.05, 3.63) is 0 Å². The van der Waals surface area contributed by atoms with E-state index in [0.717, 1.165) is 25.7 Å². The zero-order chi connectivity index (χ0) is 19.7. The molecule has 0 amide bonds. The molecule has 4 heteroatoms. The van der Waals surface area contributed by atoms with Crippen molar-refractivity contribution < 1.29 is 27.9 Å². The van der Waals surface area contributed by atoms with Gasteiger partial charge in [-0.25, -0.2) is 0 Å². The first-order valence-corrected chi connectivity index (χ1v) is 11.6. The Morgan fingerprint density at radius 3 is 1.37 bits per heavy atom. The van der Waals surface area contributed by atoms with Crippen LogP contribution in [0.25, 0.3) is 0 Å². The van der Waals surface area contributed by atoms with Crippen molar-refractivity contribution in [2.45, 2.75) is 129 Å². The highest BCUT2D eigenvalue weighted by atomic mass is 35.5. The van der Waals surface area contributed by atoms with Gasteiger partial charge < -0.3 is 27.9 Å². The molecule has 4 N–H and O–H groups in total. The summed E-state index contributed by atoms with van der Waals surface area (Å²) in [5.74, 6) is 0. The smallest absolute Gasteiger partial charge is 0.0753 e. The number of hydrogen-bond donors (Lipinski definition) is 3. The van der Waals surface area contributed by atoms with Crippen LogP contribution in [0, 0.1) is 5.41 Å². The van der Waals surface area contributed by atoms with Gasteiger partial charge >= 0.3 is 0 Å². The van der Waals surface area contributed by atoms with E-state index >= 15 is 0 Å². The summed E-state index contributed by atoms with van der Waals surface area (Å²) < 4.78 is 0. The Morgan fingerprint density at radius 2 is 1.04 bits per heavy atom. The molecular weight excluding hydrogens is 358 g/mol. The highest BCUT2D eigenvalue weighted by molar-refractivity contribution is 4.88. The monoisotopic (exact) mass is 407 g/mol. The van der Waals surface area contributed by atoms with Crippen molar-refractivity contribution >= 4 is 0 Å². The van der Waals surface area contributed by atoms with Gasteiger partial charge in [0.25, 0.3) is 0 Å². The molecule has 3 nitrogen and oxygen atoms in total. The second-order valence-corrected chi connectivity index (χ2v) is 8.52. The van der Waals surface area contributed by atoms with Crippen molar-refractivity contribution in [2.24, 2.45) is 5.41 Å². The second kappa shape index (κ2) is 19.5. The van der Waals surface area contributed by atoms with E-state index in [1.165, 1.54) is 77.2 Å². The Bertz CT molecular complexity index is 290. The van der Waals surface area contributed by atoms with Crippen molar-refractivity contribution in [2.75, 3.05) is 13.6 Å². The SMILES string of the molecule is CCCC(CCCCCCCCCCCCCC[NH2+]C)(C(C)O)C(C)O.[Cl-]. The minimum Gasteiger partial charge on any atom is -1.00 e. The second-order valence-electron chi connectivity index (χ2n) is 8.52. The number of rotatable bonds is 19. The Morgan fingerprint density at radius 1 is 0.667 bits per heavy atom. The molecule has 2 unspecified atom stereocenters. The minimum absolute atomic E-state index is 0. The third-order valence-electron chi connectivity index (χ3n) is 6.26. The summed E-state index contributed by atoms with van der Waals surface area (Å²) in [6, 6.07) is 0. The van der Waals surface area contributed by atoms with Crippen LogP contribution in [0.1, 0.15) is 117 Å². The van der Waals surface area contributed by atoms with E-state index in [-0.39, 0.29) is 17.8 Å². The Kier molecular flexibility index (Phi) is 21.2. The first-order chi connectivity index (χ1) is 12.5. The molecule has 0 fully saturated rings. The molecule has 0 rings (SSSR count). The Balaban J connectivity index is 0. The summed E-state index contributed by atoms with van der Waals surface area (Å²) in [6.07, 6.45) is 18.2. The number of quaternary nitrogens is 1. The molecule has 27 heavy (non-hydrogen) atoms. The standard InChI is InChI=1S/C23H49NO2.ClH/c1-5-18-23(21(2)25,22(3)26)19-16-14-12-10-8-6-7-9-11-13-15-17-20-24-4;/h21-22,24-26H,5-20H2,1-4H3;1H. The third-order valence-corrected chi connectivity index (χ3v) is 6.26. The lowest BCUT2D eigenvalue weighted by atomic mass is 9.70. The molecule has 0 spiro atoms. The van der Waals surface area contributed by atoms with Gasteiger partial charge in [-0.3, -0.25) is 0 Å². The molecule has 0 heterocycles. The fourth-order valence-corrected chi connectivity index (χ4v) is 4.35. The fourth-order valence-electron chi connectivity index (χ4n) is 4.35. The van der Waals surface area contributed by atoms with Gasteiger partial charge in [-0.15, -0.1) is 0 Å². The molecule has 0 aliphatic heterocycles. The third kappa shape index (κ3) is 13.9. The number of aliphatic hydroxyl groups excluding tert-OH is 2. The zero-order valence-electron chi connectivity index (χ0n) is 18.8. The van der Waals surface area contributed by atoms with Gasteiger partial charge in [0.2, 0.25) is 0 Å². The lowest BCUT2D eigenvalue weighted by Gasteiger charge is -2.39. The van der Waals surface area contributed by atoms with Crippen LogP contribution in [0.15, 0.2) is 0 Å². The van der Waals surface area contributed by atoms with Crippen molar-refractivity contribution in [1.29, 1.82) is 0 Å². The molecule has 0 bridgehead atoms. The van der Waals surface area contributed by atoms with Crippen molar-refractivity contribution in [3.63, 3.8) is 0 Å². The number of aliphatic hydroxyl groups is 2.